The van der Waals surface area contributed by atoms with Crippen molar-refractivity contribution in [1.29, 1.82) is 0 Å². The lowest BCUT2D eigenvalue weighted by atomic mass is 10.1. The van der Waals surface area contributed by atoms with Gasteiger partial charge < -0.3 is 4.90 Å². The lowest BCUT2D eigenvalue weighted by molar-refractivity contribution is -0.131. The lowest BCUT2D eigenvalue weighted by Gasteiger charge is -2.24. The summed E-state index contributed by atoms with van der Waals surface area (Å²) < 4.78 is 27.2. The van der Waals surface area contributed by atoms with Gasteiger partial charge in [-0.15, -0.1) is 21.5 Å². The minimum atomic E-state index is -0.570. The van der Waals surface area contributed by atoms with Crippen molar-refractivity contribution in [1.82, 2.24) is 25.1 Å². The number of tetrazole rings is 1. The van der Waals surface area contributed by atoms with E-state index in [1.54, 1.807) is 4.90 Å². The molecule has 0 bridgehead atoms. The Balaban J connectivity index is 1.44. The molecule has 0 aliphatic carbocycles. The molecule has 0 saturated carbocycles. The molecule has 1 aliphatic rings. The summed E-state index contributed by atoms with van der Waals surface area (Å²) in [5.74, 6) is -0.785. The topological polar surface area (TPSA) is 63.9 Å². The van der Waals surface area contributed by atoms with E-state index in [1.807, 2.05) is 17.5 Å². The molecular formula is C18H17F2N5OS. The number of hydrogen-bond donors (Lipinski definition) is 0. The van der Waals surface area contributed by atoms with Crippen LogP contribution in [0.5, 0.6) is 0 Å². The molecule has 1 amide bonds. The number of aromatic nitrogens is 4. The third kappa shape index (κ3) is 3.87. The van der Waals surface area contributed by atoms with E-state index in [-0.39, 0.29) is 23.9 Å². The minimum Gasteiger partial charge on any atom is -0.337 e. The Kier molecular flexibility index (Phi) is 4.93. The summed E-state index contributed by atoms with van der Waals surface area (Å²) in [5.41, 5.74) is 0.0736. The zero-order valence-corrected chi connectivity index (χ0v) is 15.2. The lowest BCUT2D eigenvalue weighted by Crippen LogP contribution is -2.39. The van der Waals surface area contributed by atoms with Crippen LogP contribution in [0.3, 0.4) is 0 Å². The second-order valence-electron chi connectivity index (χ2n) is 6.44. The molecule has 1 fully saturated rings. The van der Waals surface area contributed by atoms with Crippen LogP contribution in [0, 0.1) is 11.6 Å². The highest BCUT2D eigenvalue weighted by atomic mass is 32.1. The fourth-order valence-electron chi connectivity index (χ4n) is 3.31. The average Bonchev–Trinajstić information content (AvgIpc) is 3.39. The molecule has 0 radical (unpaired) electrons. The van der Waals surface area contributed by atoms with Crippen LogP contribution in [-0.2, 0) is 17.8 Å². The van der Waals surface area contributed by atoms with Gasteiger partial charge in [0.2, 0.25) is 11.7 Å². The molecule has 1 aliphatic heterocycles. The smallest absolute Gasteiger partial charge is 0.227 e. The second-order valence-corrected chi connectivity index (χ2v) is 7.39. The van der Waals surface area contributed by atoms with E-state index in [9.17, 15) is 13.6 Å². The van der Waals surface area contributed by atoms with Gasteiger partial charge in [-0.25, -0.2) is 8.78 Å². The van der Waals surface area contributed by atoms with Gasteiger partial charge in [-0.05, 0) is 47.7 Å². The van der Waals surface area contributed by atoms with Gasteiger partial charge in [0.15, 0.2) is 0 Å². The number of halogens is 2. The van der Waals surface area contributed by atoms with Crippen LogP contribution in [0.1, 0.15) is 18.4 Å². The first-order valence-electron chi connectivity index (χ1n) is 8.65. The van der Waals surface area contributed by atoms with Gasteiger partial charge in [-0.2, -0.15) is 4.80 Å². The number of nitrogens with zero attached hydrogens (tertiary/aromatic N) is 5. The first-order valence-corrected chi connectivity index (χ1v) is 9.53. The summed E-state index contributed by atoms with van der Waals surface area (Å²) in [6, 6.07) is 6.92. The van der Waals surface area contributed by atoms with Gasteiger partial charge >= 0.3 is 0 Å². The largest absolute Gasteiger partial charge is 0.337 e. The zero-order chi connectivity index (χ0) is 18.8. The van der Waals surface area contributed by atoms with Crippen molar-refractivity contribution in [3.05, 3.63) is 52.9 Å². The molecule has 6 nitrogen and oxygen atoms in total. The van der Waals surface area contributed by atoms with Gasteiger partial charge in [-0.1, -0.05) is 6.07 Å². The van der Waals surface area contributed by atoms with Crippen LogP contribution in [-0.4, -0.2) is 43.6 Å². The number of thiophene rings is 1. The molecule has 9 heteroatoms. The van der Waals surface area contributed by atoms with Gasteiger partial charge in [0.25, 0.3) is 0 Å². The molecule has 27 heavy (non-hydrogen) atoms. The average molecular weight is 389 g/mol. The van der Waals surface area contributed by atoms with Gasteiger partial charge in [0, 0.05) is 12.1 Å². The molecule has 0 spiro atoms. The Morgan fingerprint density at radius 1 is 1.30 bits per heavy atom. The highest BCUT2D eigenvalue weighted by molar-refractivity contribution is 7.13. The first kappa shape index (κ1) is 17.7. The monoisotopic (exact) mass is 389 g/mol. The van der Waals surface area contributed by atoms with Gasteiger partial charge in [0.05, 0.1) is 23.9 Å². The molecule has 2 aromatic heterocycles. The summed E-state index contributed by atoms with van der Waals surface area (Å²) in [6.45, 7) is 1.02. The van der Waals surface area contributed by atoms with E-state index < -0.39 is 11.6 Å². The molecule has 140 valence electrons. The predicted octanol–water partition coefficient (Wildman–Crippen LogP) is 2.91. The van der Waals surface area contributed by atoms with Crippen LogP contribution < -0.4 is 0 Å². The molecule has 4 rings (SSSR count). The van der Waals surface area contributed by atoms with Crippen LogP contribution >= 0.6 is 11.3 Å². The number of rotatable bonds is 5. The van der Waals surface area contributed by atoms with Crippen LogP contribution in [0.15, 0.2) is 35.7 Å². The van der Waals surface area contributed by atoms with E-state index in [0.29, 0.717) is 18.9 Å². The van der Waals surface area contributed by atoms with Crippen molar-refractivity contribution < 1.29 is 13.6 Å². The van der Waals surface area contributed by atoms with Crippen molar-refractivity contribution in [2.24, 2.45) is 0 Å². The molecular weight excluding hydrogens is 372 g/mol. The maximum Gasteiger partial charge on any atom is 0.227 e. The fourth-order valence-corrected chi connectivity index (χ4v) is 3.96. The Bertz CT molecular complexity index is 943. The summed E-state index contributed by atoms with van der Waals surface area (Å²) in [4.78, 5) is 16.8. The van der Waals surface area contributed by atoms with Crippen LogP contribution in [0.2, 0.25) is 0 Å². The molecule has 1 atom stereocenters. The van der Waals surface area contributed by atoms with E-state index in [0.717, 1.165) is 35.9 Å². The van der Waals surface area contributed by atoms with E-state index in [1.165, 1.54) is 16.1 Å². The van der Waals surface area contributed by atoms with Crippen molar-refractivity contribution in [2.75, 3.05) is 6.54 Å². The van der Waals surface area contributed by atoms with Gasteiger partial charge in [0.1, 0.15) is 11.6 Å². The van der Waals surface area contributed by atoms with Crippen molar-refractivity contribution >= 4 is 17.2 Å². The number of likely N-dealkylation sites (tertiary alicyclic amines) is 1. The number of benzene rings is 1. The third-order valence-corrected chi connectivity index (χ3v) is 5.48. The zero-order valence-electron chi connectivity index (χ0n) is 14.4. The quantitative estimate of drug-likeness (QED) is 0.673. The molecule has 1 aromatic carbocycles. The summed E-state index contributed by atoms with van der Waals surface area (Å²) >= 11 is 1.53. The van der Waals surface area contributed by atoms with Crippen LogP contribution in [0.4, 0.5) is 8.78 Å². The summed E-state index contributed by atoms with van der Waals surface area (Å²) in [6.07, 6.45) is 1.51. The number of carbonyl (C=O) groups excluding carboxylic acids is 1. The van der Waals surface area contributed by atoms with E-state index >= 15 is 0 Å². The van der Waals surface area contributed by atoms with Crippen LogP contribution in [0.25, 0.3) is 10.7 Å². The maximum atomic E-state index is 13.8. The maximum absolute atomic E-state index is 13.8. The fraction of sp³-hybridized carbons (Fsp3) is 0.333. The molecule has 3 heterocycles. The number of hydrogen-bond acceptors (Lipinski definition) is 5. The third-order valence-electron chi connectivity index (χ3n) is 4.62. The normalized spacial score (nSPS) is 16.8. The summed E-state index contributed by atoms with van der Waals surface area (Å²) in [7, 11) is 0. The highest BCUT2D eigenvalue weighted by Crippen LogP contribution is 2.22. The highest BCUT2D eigenvalue weighted by Gasteiger charge is 2.30. The Morgan fingerprint density at radius 3 is 3.00 bits per heavy atom. The minimum absolute atomic E-state index is 0.0736. The Hall–Kier alpha value is -2.68. The Labute approximate surface area is 158 Å². The molecule has 3 aromatic rings. The van der Waals surface area contributed by atoms with E-state index in [2.05, 4.69) is 15.4 Å². The van der Waals surface area contributed by atoms with E-state index in [4.69, 9.17) is 0 Å². The summed E-state index contributed by atoms with van der Waals surface area (Å²) in [5, 5.41) is 14.5. The predicted molar refractivity (Wildman–Crippen MR) is 95.9 cm³/mol. The second kappa shape index (κ2) is 7.51. The number of carbonyl (C=O) groups is 1. The molecule has 0 unspecified atom stereocenters. The SMILES string of the molecule is O=C(Cc1cc(F)ccc1F)N1CCC[C@@H]1Cn1nnc(-c2cccs2)n1. The van der Waals surface area contributed by atoms with Gasteiger partial charge in [-0.3, -0.25) is 4.79 Å². The standard InChI is InChI=1S/C18H17F2N5OS/c19-13-5-6-15(20)12(9-13)10-17(26)24-7-1-3-14(24)11-25-22-18(21-23-25)16-4-2-8-27-16/h2,4-6,8-9,14H,1,3,7,10-11H2/t14-/m1/s1. The molecule has 1 saturated heterocycles. The molecule has 0 N–H and O–H groups in total. The van der Waals surface area contributed by atoms with Crippen molar-refractivity contribution in [2.45, 2.75) is 31.8 Å². The number of amides is 1. The first-order chi connectivity index (χ1) is 13.1. The Morgan fingerprint density at radius 2 is 2.19 bits per heavy atom. The van der Waals surface area contributed by atoms with Crippen molar-refractivity contribution in [3.63, 3.8) is 0 Å². The van der Waals surface area contributed by atoms with Crippen molar-refractivity contribution in [3.8, 4) is 10.7 Å².